The van der Waals surface area contributed by atoms with Crippen molar-refractivity contribution in [2.45, 2.75) is 19.9 Å². The van der Waals surface area contributed by atoms with E-state index in [2.05, 4.69) is 48.5 Å². The molecule has 3 heterocycles. The Hall–Kier alpha value is -2.35. The van der Waals surface area contributed by atoms with E-state index in [-0.39, 0.29) is 12.4 Å². The average Bonchev–Trinajstić information content (AvgIpc) is 2.69. The van der Waals surface area contributed by atoms with Crippen LogP contribution in [0.1, 0.15) is 12.6 Å². The first-order chi connectivity index (χ1) is 13.2. The molecule has 4 rings (SSSR count). The Morgan fingerprint density at radius 3 is 2.68 bits per heavy atom. The van der Waals surface area contributed by atoms with Crippen LogP contribution in [0.15, 0.2) is 36.9 Å². The number of aryl methyl sites for hydroxylation is 1. The number of piperazine rings is 1. The quantitative estimate of drug-likeness (QED) is 0.682. The third kappa shape index (κ3) is 4.55. The van der Waals surface area contributed by atoms with Gasteiger partial charge in [-0.2, -0.15) is 0 Å². The van der Waals surface area contributed by atoms with E-state index in [9.17, 15) is 0 Å². The lowest BCUT2D eigenvalue weighted by Gasteiger charge is -2.30. The van der Waals surface area contributed by atoms with Crippen LogP contribution in [-0.2, 0) is 0 Å². The lowest BCUT2D eigenvalue weighted by molar-refractivity contribution is 0.235. The predicted molar refractivity (Wildman–Crippen MR) is 115 cm³/mol. The van der Waals surface area contributed by atoms with E-state index in [0.717, 1.165) is 66.4 Å². The Morgan fingerprint density at radius 2 is 1.93 bits per heavy atom. The number of para-hydroxylation sites is 1. The van der Waals surface area contributed by atoms with E-state index in [4.69, 9.17) is 0 Å². The van der Waals surface area contributed by atoms with Crippen LogP contribution in [0.2, 0.25) is 0 Å². The molecule has 8 heteroatoms. The van der Waals surface area contributed by atoms with Crippen LogP contribution in [0, 0.1) is 6.92 Å². The van der Waals surface area contributed by atoms with Crippen LogP contribution >= 0.6 is 12.4 Å². The minimum absolute atomic E-state index is 0. The maximum absolute atomic E-state index is 4.53. The van der Waals surface area contributed by atoms with Crippen molar-refractivity contribution in [3.63, 3.8) is 0 Å². The van der Waals surface area contributed by atoms with Gasteiger partial charge in [0.25, 0.3) is 0 Å². The molecule has 1 aliphatic heterocycles. The fourth-order valence-electron chi connectivity index (χ4n) is 3.50. The molecular formula is C20H26ClN7. The number of fused-ring (bicyclic) bond motifs is 1. The second-order valence-corrected chi connectivity index (χ2v) is 7.06. The third-order valence-corrected chi connectivity index (χ3v) is 4.85. The molecule has 148 valence electrons. The van der Waals surface area contributed by atoms with Gasteiger partial charge in [-0.05, 0) is 19.9 Å². The summed E-state index contributed by atoms with van der Waals surface area (Å²) in [6.07, 6.45) is 5.20. The standard InChI is InChI=1S/C20H25N7.ClH/c1-14-10-23-18(11-22-14)16-4-3-5-17-19(16)24-13-25-20(17)26-15(2)12-27-8-6-21-7-9-27;/h3-5,10-11,13,15,21H,6-9,12H2,1-2H3,(H,24,25,26);1H/t15-;/m0./s1. The molecule has 1 saturated heterocycles. The van der Waals surface area contributed by atoms with Gasteiger partial charge >= 0.3 is 0 Å². The van der Waals surface area contributed by atoms with Gasteiger partial charge in [-0.25, -0.2) is 9.97 Å². The van der Waals surface area contributed by atoms with Crippen molar-refractivity contribution in [1.82, 2.24) is 30.2 Å². The molecule has 0 unspecified atom stereocenters. The van der Waals surface area contributed by atoms with Crippen molar-refractivity contribution >= 4 is 29.1 Å². The molecule has 1 atom stereocenters. The van der Waals surface area contributed by atoms with E-state index in [1.54, 1.807) is 18.7 Å². The van der Waals surface area contributed by atoms with Crippen LogP contribution in [0.5, 0.6) is 0 Å². The molecule has 1 aliphatic rings. The van der Waals surface area contributed by atoms with Crippen molar-refractivity contribution in [1.29, 1.82) is 0 Å². The van der Waals surface area contributed by atoms with Crippen LogP contribution in [-0.4, -0.2) is 63.6 Å². The number of halogens is 1. The fraction of sp³-hybridized carbons (Fsp3) is 0.400. The molecule has 2 N–H and O–H groups in total. The summed E-state index contributed by atoms with van der Waals surface area (Å²) in [5, 5.41) is 7.97. The molecular weight excluding hydrogens is 374 g/mol. The Bertz CT molecular complexity index is 910. The summed E-state index contributed by atoms with van der Waals surface area (Å²) in [6, 6.07) is 6.40. The minimum Gasteiger partial charge on any atom is -0.366 e. The normalized spacial score (nSPS) is 15.8. The first-order valence-electron chi connectivity index (χ1n) is 9.43. The van der Waals surface area contributed by atoms with Crippen LogP contribution < -0.4 is 10.6 Å². The number of hydrogen-bond donors (Lipinski definition) is 2. The van der Waals surface area contributed by atoms with Crippen LogP contribution in [0.3, 0.4) is 0 Å². The summed E-state index contributed by atoms with van der Waals surface area (Å²) in [5.41, 5.74) is 3.59. The number of anilines is 1. The summed E-state index contributed by atoms with van der Waals surface area (Å²) in [5.74, 6) is 0.865. The summed E-state index contributed by atoms with van der Waals surface area (Å²) in [6.45, 7) is 9.43. The number of hydrogen-bond acceptors (Lipinski definition) is 7. The van der Waals surface area contributed by atoms with Crippen molar-refractivity contribution in [3.8, 4) is 11.3 Å². The van der Waals surface area contributed by atoms with Crippen LogP contribution in [0.25, 0.3) is 22.2 Å². The van der Waals surface area contributed by atoms with Gasteiger partial charge in [-0.3, -0.25) is 14.9 Å². The second kappa shape index (κ2) is 9.23. The molecule has 1 fully saturated rings. The molecule has 28 heavy (non-hydrogen) atoms. The Balaban J connectivity index is 0.00000225. The lowest BCUT2D eigenvalue weighted by atomic mass is 10.1. The van der Waals surface area contributed by atoms with Gasteiger partial charge in [0.15, 0.2) is 0 Å². The summed E-state index contributed by atoms with van der Waals surface area (Å²) in [4.78, 5) is 20.4. The van der Waals surface area contributed by atoms with E-state index in [0.29, 0.717) is 6.04 Å². The Labute approximate surface area is 171 Å². The van der Waals surface area contributed by atoms with Crippen molar-refractivity contribution in [3.05, 3.63) is 42.6 Å². The minimum atomic E-state index is 0. The maximum atomic E-state index is 4.53. The van der Waals surface area contributed by atoms with E-state index >= 15 is 0 Å². The molecule has 0 saturated carbocycles. The zero-order valence-electron chi connectivity index (χ0n) is 16.2. The number of rotatable bonds is 5. The average molecular weight is 400 g/mol. The second-order valence-electron chi connectivity index (χ2n) is 7.06. The summed E-state index contributed by atoms with van der Waals surface area (Å²) >= 11 is 0. The number of aromatic nitrogens is 4. The van der Waals surface area contributed by atoms with Crippen molar-refractivity contribution in [2.75, 3.05) is 38.0 Å². The number of nitrogens with zero attached hydrogens (tertiary/aromatic N) is 5. The predicted octanol–water partition coefficient (Wildman–Crippen LogP) is 2.52. The monoisotopic (exact) mass is 399 g/mol. The lowest BCUT2D eigenvalue weighted by Crippen LogP contribution is -2.47. The number of benzene rings is 1. The van der Waals surface area contributed by atoms with Gasteiger partial charge in [-0.1, -0.05) is 12.1 Å². The maximum Gasteiger partial charge on any atom is 0.137 e. The highest BCUT2D eigenvalue weighted by Gasteiger charge is 2.15. The van der Waals surface area contributed by atoms with E-state index in [1.165, 1.54) is 0 Å². The Kier molecular flexibility index (Phi) is 6.72. The van der Waals surface area contributed by atoms with Gasteiger partial charge < -0.3 is 10.6 Å². The topological polar surface area (TPSA) is 78.9 Å². The van der Waals surface area contributed by atoms with Gasteiger partial charge in [0, 0.05) is 55.9 Å². The van der Waals surface area contributed by atoms with Crippen molar-refractivity contribution < 1.29 is 0 Å². The van der Waals surface area contributed by atoms with Gasteiger partial charge in [0.05, 0.1) is 23.1 Å². The molecule has 2 aromatic heterocycles. The molecule has 0 amide bonds. The van der Waals surface area contributed by atoms with Crippen LogP contribution in [0.4, 0.5) is 5.82 Å². The molecule has 7 nitrogen and oxygen atoms in total. The summed E-state index contributed by atoms with van der Waals surface area (Å²) < 4.78 is 0. The highest BCUT2D eigenvalue weighted by molar-refractivity contribution is 5.98. The first kappa shape index (κ1) is 20.4. The zero-order chi connectivity index (χ0) is 18.6. The first-order valence-corrected chi connectivity index (χ1v) is 9.43. The summed E-state index contributed by atoms with van der Waals surface area (Å²) in [7, 11) is 0. The molecule has 3 aromatic rings. The molecule has 1 aromatic carbocycles. The molecule has 0 bridgehead atoms. The van der Waals surface area contributed by atoms with Crippen molar-refractivity contribution in [2.24, 2.45) is 0 Å². The van der Waals surface area contributed by atoms with Gasteiger partial charge in [0.1, 0.15) is 12.1 Å². The molecule has 0 spiro atoms. The SMILES string of the molecule is Cc1cnc(-c2cccc3c(N[C@@H](C)CN4CCNCC4)ncnc23)cn1.Cl. The molecule has 0 radical (unpaired) electrons. The molecule has 0 aliphatic carbocycles. The Morgan fingerprint density at radius 1 is 1.11 bits per heavy atom. The largest absolute Gasteiger partial charge is 0.366 e. The van der Waals surface area contributed by atoms with Gasteiger partial charge in [0.2, 0.25) is 0 Å². The zero-order valence-corrected chi connectivity index (χ0v) is 17.0. The highest BCUT2D eigenvalue weighted by atomic mass is 35.5. The highest BCUT2D eigenvalue weighted by Crippen LogP contribution is 2.28. The number of nitrogens with one attached hydrogen (secondary N) is 2. The fourth-order valence-corrected chi connectivity index (χ4v) is 3.50. The smallest absolute Gasteiger partial charge is 0.137 e. The van der Waals surface area contributed by atoms with E-state index in [1.807, 2.05) is 19.1 Å². The third-order valence-electron chi connectivity index (χ3n) is 4.85. The van der Waals surface area contributed by atoms with E-state index < -0.39 is 0 Å². The van der Waals surface area contributed by atoms with Gasteiger partial charge in [-0.15, -0.1) is 12.4 Å².